The standard InChI is InChI=1S/C10H16N4O2/c1-7-12-9(16-13-7)6-14-5-3-4-8(14)10(15)11-2/h8H,3-6H2,1-2H3,(H,11,15)/t8-/m0/s1. The van der Waals surface area contributed by atoms with Crippen LogP contribution in [0.2, 0.25) is 0 Å². The van der Waals surface area contributed by atoms with Crippen molar-refractivity contribution in [2.24, 2.45) is 0 Å². The zero-order valence-electron chi connectivity index (χ0n) is 9.56. The third-order valence-electron chi connectivity index (χ3n) is 2.82. The highest BCUT2D eigenvalue weighted by molar-refractivity contribution is 5.81. The van der Waals surface area contributed by atoms with Crippen LogP contribution in [0.5, 0.6) is 0 Å². The Balaban J connectivity index is 2.01. The Morgan fingerprint density at radius 2 is 2.50 bits per heavy atom. The molecule has 1 amide bonds. The summed E-state index contributed by atoms with van der Waals surface area (Å²) in [6.07, 6.45) is 1.93. The highest BCUT2D eigenvalue weighted by Gasteiger charge is 2.30. The quantitative estimate of drug-likeness (QED) is 0.787. The normalized spacial score (nSPS) is 21.2. The Hall–Kier alpha value is -1.43. The van der Waals surface area contributed by atoms with Gasteiger partial charge in [-0.15, -0.1) is 0 Å². The molecular formula is C10H16N4O2. The lowest BCUT2D eigenvalue weighted by Crippen LogP contribution is -2.41. The number of likely N-dealkylation sites (tertiary alicyclic amines) is 1. The molecule has 1 atom stereocenters. The molecule has 1 aliphatic rings. The summed E-state index contributed by atoms with van der Waals surface area (Å²) in [5.41, 5.74) is 0. The molecule has 0 aromatic carbocycles. The maximum atomic E-state index is 11.6. The van der Waals surface area contributed by atoms with E-state index in [1.807, 2.05) is 0 Å². The number of carbonyl (C=O) groups is 1. The minimum Gasteiger partial charge on any atom is -0.358 e. The van der Waals surface area contributed by atoms with Gasteiger partial charge < -0.3 is 9.84 Å². The Labute approximate surface area is 94.0 Å². The Morgan fingerprint density at radius 3 is 3.12 bits per heavy atom. The minimum atomic E-state index is -0.0581. The van der Waals surface area contributed by atoms with Gasteiger partial charge in [-0.25, -0.2) is 0 Å². The van der Waals surface area contributed by atoms with Gasteiger partial charge in [-0.05, 0) is 26.3 Å². The van der Waals surface area contributed by atoms with Crippen LogP contribution in [-0.4, -0.2) is 40.6 Å². The predicted octanol–water partition coefficient (Wildman–Crippen LogP) is 0.0884. The monoisotopic (exact) mass is 224 g/mol. The van der Waals surface area contributed by atoms with Crippen LogP contribution < -0.4 is 5.32 Å². The molecule has 6 heteroatoms. The van der Waals surface area contributed by atoms with Crippen LogP contribution in [0, 0.1) is 6.92 Å². The lowest BCUT2D eigenvalue weighted by molar-refractivity contribution is -0.125. The molecule has 88 valence electrons. The Bertz CT molecular complexity index is 377. The lowest BCUT2D eigenvalue weighted by atomic mass is 10.2. The van der Waals surface area contributed by atoms with E-state index in [4.69, 9.17) is 4.52 Å². The molecular weight excluding hydrogens is 208 g/mol. The van der Waals surface area contributed by atoms with Crippen molar-refractivity contribution >= 4 is 5.91 Å². The first-order valence-electron chi connectivity index (χ1n) is 5.45. The SMILES string of the molecule is CNC(=O)[C@@H]1CCCN1Cc1nc(C)no1. The molecule has 0 unspecified atom stereocenters. The number of nitrogens with one attached hydrogen (secondary N) is 1. The largest absolute Gasteiger partial charge is 0.358 e. The molecule has 2 rings (SSSR count). The third kappa shape index (κ3) is 2.21. The summed E-state index contributed by atoms with van der Waals surface area (Å²) in [5.74, 6) is 1.27. The smallest absolute Gasteiger partial charge is 0.240 e. The van der Waals surface area contributed by atoms with Crippen LogP contribution in [-0.2, 0) is 11.3 Å². The van der Waals surface area contributed by atoms with Crippen molar-refractivity contribution in [1.82, 2.24) is 20.4 Å². The van der Waals surface area contributed by atoms with Crippen molar-refractivity contribution < 1.29 is 9.32 Å². The minimum absolute atomic E-state index is 0.0581. The van der Waals surface area contributed by atoms with Gasteiger partial charge in [0.2, 0.25) is 11.8 Å². The van der Waals surface area contributed by atoms with Crippen molar-refractivity contribution in [3.8, 4) is 0 Å². The van der Waals surface area contributed by atoms with E-state index >= 15 is 0 Å². The number of carbonyl (C=O) groups excluding carboxylic acids is 1. The summed E-state index contributed by atoms with van der Waals surface area (Å²) in [4.78, 5) is 17.8. The topological polar surface area (TPSA) is 71.3 Å². The van der Waals surface area contributed by atoms with Crippen LogP contribution in [0.3, 0.4) is 0 Å². The number of hydrogen-bond acceptors (Lipinski definition) is 5. The summed E-state index contributed by atoms with van der Waals surface area (Å²) in [5, 5.41) is 6.42. The molecule has 1 N–H and O–H groups in total. The zero-order valence-corrected chi connectivity index (χ0v) is 9.56. The first kappa shape index (κ1) is 11.1. The van der Waals surface area contributed by atoms with Crippen molar-refractivity contribution in [2.45, 2.75) is 32.4 Å². The molecule has 1 fully saturated rings. The summed E-state index contributed by atoms with van der Waals surface area (Å²) in [6.45, 7) is 3.24. The molecule has 2 heterocycles. The second-order valence-corrected chi connectivity index (χ2v) is 3.98. The molecule has 1 saturated heterocycles. The summed E-state index contributed by atoms with van der Waals surface area (Å²) in [6, 6.07) is -0.0581. The summed E-state index contributed by atoms with van der Waals surface area (Å²) < 4.78 is 5.05. The van der Waals surface area contributed by atoms with Gasteiger partial charge in [0.25, 0.3) is 0 Å². The fourth-order valence-electron chi connectivity index (χ4n) is 2.06. The van der Waals surface area contributed by atoms with Crippen LogP contribution in [0.4, 0.5) is 0 Å². The molecule has 1 aromatic rings. The van der Waals surface area contributed by atoms with Crippen LogP contribution in [0.1, 0.15) is 24.6 Å². The number of nitrogens with zero attached hydrogens (tertiary/aromatic N) is 3. The van der Waals surface area contributed by atoms with Gasteiger partial charge in [0.05, 0.1) is 12.6 Å². The van der Waals surface area contributed by atoms with Crippen molar-refractivity contribution in [3.05, 3.63) is 11.7 Å². The summed E-state index contributed by atoms with van der Waals surface area (Å²) >= 11 is 0. The first-order chi connectivity index (χ1) is 7.70. The predicted molar refractivity (Wildman–Crippen MR) is 56.5 cm³/mol. The van der Waals surface area contributed by atoms with Gasteiger partial charge >= 0.3 is 0 Å². The number of aromatic nitrogens is 2. The van der Waals surface area contributed by atoms with Gasteiger partial charge in [0, 0.05) is 7.05 Å². The van der Waals surface area contributed by atoms with E-state index < -0.39 is 0 Å². The number of aryl methyl sites for hydroxylation is 1. The molecule has 0 radical (unpaired) electrons. The number of hydrogen-bond donors (Lipinski definition) is 1. The summed E-state index contributed by atoms with van der Waals surface area (Å²) in [7, 11) is 1.66. The molecule has 0 saturated carbocycles. The van der Waals surface area contributed by atoms with Crippen LogP contribution in [0.25, 0.3) is 0 Å². The molecule has 16 heavy (non-hydrogen) atoms. The van der Waals surface area contributed by atoms with Gasteiger partial charge in [0.15, 0.2) is 5.82 Å². The van der Waals surface area contributed by atoms with E-state index in [1.54, 1.807) is 14.0 Å². The average molecular weight is 224 g/mol. The molecule has 0 spiro atoms. The van der Waals surface area contributed by atoms with Gasteiger partial charge in [-0.1, -0.05) is 5.16 Å². The lowest BCUT2D eigenvalue weighted by Gasteiger charge is -2.20. The molecule has 1 aromatic heterocycles. The van der Waals surface area contributed by atoms with E-state index in [0.717, 1.165) is 19.4 Å². The Kier molecular flexibility index (Phi) is 3.19. The Morgan fingerprint density at radius 1 is 1.69 bits per heavy atom. The molecule has 1 aliphatic heterocycles. The maximum absolute atomic E-state index is 11.6. The van der Waals surface area contributed by atoms with Crippen LogP contribution in [0.15, 0.2) is 4.52 Å². The number of amides is 1. The highest BCUT2D eigenvalue weighted by atomic mass is 16.5. The van der Waals surface area contributed by atoms with E-state index in [1.165, 1.54) is 0 Å². The van der Waals surface area contributed by atoms with Gasteiger partial charge in [-0.3, -0.25) is 9.69 Å². The first-order valence-corrected chi connectivity index (χ1v) is 5.45. The van der Waals surface area contributed by atoms with Gasteiger partial charge in [0.1, 0.15) is 0 Å². The fraction of sp³-hybridized carbons (Fsp3) is 0.700. The van der Waals surface area contributed by atoms with Crippen molar-refractivity contribution in [2.75, 3.05) is 13.6 Å². The zero-order chi connectivity index (χ0) is 11.5. The van der Waals surface area contributed by atoms with E-state index in [2.05, 4.69) is 20.4 Å². The molecule has 0 bridgehead atoms. The molecule has 0 aliphatic carbocycles. The van der Waals surface area contributed by atoms with Crippen LogP contribution >= 0.6 is 0 Å². The van der Waals surface area contributed by atoms with E-state index in [0.29, 0.717) is 18.3 Å². The van der Waals surface area contributed by atoms with E-state index in [-0.39, 0.29) is 11.9 Å². The van der Waals surface area contributed by atoms with Crippen molar-refractivity contribution in [3.63, 3.8) is 0 Å². The van der Waals surface area contributed by atoms with E-state index in [9.17, 15) is 4.79 Å². The number of rotatable bonds is 3. The average Bonchev–Trinajstić information content (AvgIpc) is 2.87. The fourth-order valence-corrected chi connectivity index (χ4v) is 2.06. The maximum Gasteiger partial charge on any atom is 0.240 e. The second-order valence-electron chi connectivity index (χ2n) is 3.98. The molecule has 6 nitrogen and oxygen atoms in total. The number of likely N-dealkylation sites (N-methyl/N-ethyl adjacent to an activating group) is 1. The second kappa shape index (κ2) is 4.61. The van der Waals surface area contributed by atoms with Crippen molar-refractivity contribution in [1.29, 1.82) is 0 Å². The van der Waals surface area contributed by atoms with Gasteiger partial charge in [-0.2, -0.15) is 4.98 Å². The highest BCUT2D eigenvalue weighted by Crippen LogP contribution is 2.19. The third-order valence-corrected chi connectivity index (χ3v) is 2.82.